The first kappa shape index (κ1) is 20.7. The van der Waals surface area contributed by atoms with Gasteiger partial charge in [0.25, 0.3) is 0 Å². The molecule has 0 aromatic heterocycles. The summed E-state index contributed by atoms with van der Waals surface area (Å²) in [6, 6.07) is 6.74. The Kier molecular flexibility index (Phi) is 6.29. The third-order valence-electron chi connectivity index (χ3n) is 6.84. The van der Waals surface area contributed by atoms with Gasteiger partial charge in [0, 0.05) is 18.7 Å². The van der Waals surface area contributed by atoms with Crippen LogP contribution in [0, 0.1) is 11.8 Å². The van der Waals surface area contributed by atoms with Gasteiger partial charge in [0.15, 0.2) is 0 Å². The fourth-order valence-corrected chi connectivity index (χ4v) is 4.80. The molecule has 0 amide bonds. The standard InChI is InChI=1S/C18H25NO.C6H8O2/c1-12-17-9-14-5-6-15(20)10-16(14)18(12,2)7-8-19(17)11-13-3-4-13;1-2-3-4-5-6(7)8/h5-6,10,12-13,17,20H,3-4,7-9,11H2,1-2H3;2-5H,1H3,(H,7,8). The first-order valence-electron chi connectivity index (χ1n) is 10.4. The molecule has 3 aliphatic rings. The molecule has 2 aliphatic carbocycles. The lowest BCUT2D eigenvalue weighted by Gasteiger charge is -2.54. The smallest absolute Gasteiger partial charge is 0.328 e. The molecule has 28 heavy (non-hydrogen) atoms. The van der Waals surface area contributed by atoms with E-state index in [1.54, 1.807) is 12.2 Å². The van der Waals surface area contributed by atoms with Crippen molar-refractivity contribution in [2.24, 2.45) is 11.8 Å². The van der Waals surface area contributed by atoms with Gasteiger partial charge in [0.05, 0.1) is 0 Å². The van der Waals surface area contributed by atoms with Crippen LogP contribution in [-0.4, -0.2) is 40.2 Å². The summed E-state index contributed by atoms with van der Waals surface area (Å²) in [4.78, 5) is 12.5. The Morgan fingerprint density at radius 3 is 2.71 bits per heavy atom. The number of phenolic OH excluding ortho intramolecular Hbond substituents is 1. The number of piperidine rings is 1. The Morgan fingerprint density at radius 1 is 1.32 bits per heavy atom. The first-order valence-corrected chi connectivity index (χ1v) is 10.4. The second kappa shape index (κ2) is 8.52. The summed E-state index contributed by atoms with van der Waals surface area (Å²) in [5, 5.41) is 17.9. The topological polar surface area (TPSA) is 60.8 Å². The molecule has 1 aliphatic heterocycles. The van der Waals surface area contributed by atoms with Crippen molar-refractivity contribution in [3.8, 4) is 5.75 Å². The fraction of sp³-hybridized carbons (Fsp3) is 0.542. The number of nitrogens with zero attached hydrogens (tertiary/aromatic N) is 1. The maximum absolute atomic E-state index is 9.85. The van der Waals surface area contributed by atoms with Crippen LogP contribution in [0.5, 0.6) is 5.75 Å². The number of phenols is 1. The summed E-state index contributed by atoms with van der Waals surface area (Å²) in [5.74, 6) is 1.18. The van der Waals surface area contributed by atoms with E-state index in [9.17, 15) is 9.90 Å². The summed E-state index contributed by atoms with van der Waals surface area (Å²) < 4.78 is 0. The summed E-state index contributed by atoms with van der Waals surface area (Å²) in [5.41, 5.74) is 3.12. The second-order valence-electron chi connectivity index (χ2n) is 8.73. The van der Waals surface area contributed by atoms with E-state index in [0.29, 0.717) is 17.7 Å². The molecule has 3 unspecified atom stereocenters. The Bertz CT molecular complexity index is 765. The third-order valence-corrected chi connectivity index (χ3v) is 6.84. The Labute approximate surface area is 168 Å². The van der Waals surface area contributed by atoms with E-state index >= 15 is 0 Å². The minimum atomic E-state index is -0.914. The number of carboxylic acids is 1. The van der Waals surface area contributed by atoms with E-state index in [4.69, 9.17) is 5.11 Å². The number of hydrogen-bond donors (Lipinski definition) is 2. The van der Waals surface area contributed by atoms with Crippen molar-refractivity contribution in [3.63, 3.8) is 0 Å². The van der Waals surface area contributed by atoms with Crippen LogP contribution >= 0.6 is 0 Å². The predicted molar refractivity (Wildman–Crippen MR) is 113 cm³/mol. The van der Waals surface area contributed by atoms with Gasteiger partial charge >= 0.3 is 5.97 Å². The number of rotatable bonds is 4. The molecular formula is C24H33NO3. The molecule has 4 nitrogen and oxygen atoms in total. The van der Waals surface area contributed by atoms with E-state index in [0.717, 1.165) is 12.0 Å². The van der Waals surface area contributed by atoms with Crippen molar-refractivity contribution >= 4 is 5.97 Å². The van der Waals surface area contributed by atoms with Crippen LogP contribution in [0.15, 0.2) is 42.5 Å². The van der Waals surface area contributed by atoms with E-state index in [1.807, 2.05) is 19.1 Å². The van der Waals surface area contributed by atoms with E-state index < -0.39 is 5.97 Å². The predicted octanol–water partition coefficient (Wildman–Crippen LogP) is 4.53. The van der Waals surface area contributed by atoms with Crippen molar-refractivity contribution in [1.29, 1.82) is 0 Å². The van der Waals surface area contributed by atoms with Crippen molar-refractivity contribution in [2.75, 3.05) is 13.1 Å². The number of carboxylic acid groups (broad SMARTS) is 1. The molecule has 0 spiro atoms. The Balaban J connectivity index is 0.000000242. The highest BCUT2D eigenvalue weighted by Crippen LogP contribution is 2.49. The van der Waals surface area contributed by atoms with E-state index in [1.165, 1.54) is 56.0 Å². The summed E-state index contributed by atoms with van der Waals surface area (Å²) >= 11 is 0. The van der Waals surface area contributed by atoms with Crippen LogP contribution in [-0.2, 0) is 16.6 Å². The number of aliphatic carboxylic acids is 1. The molecule has 2 bridgehead atoms. The van der Waals surface area contributed by atoms with Gasteiger partial charge in [-0.1, -0.05) is 38.1 Å². The average molecular weight is 384 g/mol. The van der Waals surface area contributed by atoms with Crippen molar-refractivity contribution in [2.45, 2.75) is 57.9 Å². The van der Waals surface area contributed by atoms with Gasteiger partial charge in [-0.25, -0.2) is 4.79 Å². The zero-order valence-corrected chi connectivity index (χ0v) is 17.3. The molecule has 152 valence electrons. The molecule has 4 rings (SSSR count). The molecule has 3 atom stereocenters. The maximum atomic E-state index is 9.85. The van der Waals surface area contributed by atoms with Gasteiger partial charge in [0.1, 0.15) is 5.75 Å². The quantitative estimate of drug-likeness (QED) is 0.592. The highest BCUT2D eigenvalue weighted by atomic mass is 16.4. The number of benzene rings is 1. The van der Waals surface area contributed by atoms with Crippen LogP contribution in [0.1, 0.15) is 51.2 Å². The van der Waals surface area contributed by atoms with Crippen molar-refractivity contribution in [3.05, 3.63) is 53.6 Å². The van der Waals surface area contributed by atoms with Crippen LogP contribution in [0.4, 0.5) is 0 Å². The summed E-state index contributed by atoms with van der Waals surface area (Å²) in [6.45, 7) is 9.22. The number of aromatic hydroxyl groups is 1. The van der Waals surface area contributed by atoms with Gasteiger partial charge < -0.3 is 10.2 Å². The minimum absolute atomic E-state index is 0.247. The molecule has 1 saturated heterocycles. The Hall–Kier alpha value is -2.07. The van der Waals surface area contributed by atoms with Gasteiger partial charge in [-0.05, 0) is 79.7 Å². The van der Waals surface area contributed by atoms with Crippen molar-refractivity contribution < 1.29 is 15.0 Å². The number of likely N-dealkylation sites (tertiary alicyclic amines) is 1. The highest BCUT2D eigenvalue weighted by molar-refractivity contribution is 5.80. The highest BCUT2D eigenvalue weighted by Gasteiger charge is 2.48. The van der Waals surface area contributed by atoms with Crippen LogP contribution in [0.25, 0.3) is 0 Å². The molecule has 1 heterocycles. The summed E-state index contributed by atoms with van der Waals surface area (Å²) in [6.07, 6.45) is 11.3. The molecule has 1 saturated carbocycles. The lowest BCUT2D eigenvalue weighted by molar-refractivity contribution is -0.131. The third kappa shape index (κ3) is 4.49. The molecule has 2 N–H and O–H groups in total. The van der Waals surface area contributed by atoms with Gasteiger partial charge in [-0.3, -0.25) is 4.90 Å². The summed E-state index contributed by atoms with van der Waals surface area (Å²) in [7, 11) is 0. The van der Waals surface area contributed by atoms with E-state index in [-0.39, 0.29) is 5.41 Å². The fourth-order valence-electron chi connectivity index (χ4n) is 4.80. The van der Waals surface area contributed by atoms with Crippen LogP contribution in [0.3, 0.4) is 0 Å². The molecule has 2 fully saturated rings. The number of fused-ring (bicyclic) bond motifs is 4. The molecular weight excluding hydrogens is 350 g/mol. The van der Waals surface area contributed by atoms with E-state index in [2.05, 4.69) is 24.8 Å². The normalized spacial score (nSPS) is 29.4. The number of allylic oxidation sites excluding steroid dienone is 3. The lowest BCUT2D eigenvalue weighted by atomic mass is 9.59. The maximum Gasteiger partial charge on any atom is 0.328 e. The SMILES string of the molecule is CC1C2Cc3ccc(O)cc3C1(C)CCN2CC1CC1.CC=CC=CC(=O)O. The molecule has 0 radical (unpaired) electrons. The zero-order chi connectivity index (χ0) is 20.3. The number of hydrogen-bond acceptors (Lipinski definition) is 3. The zero-order valence-electron chi connectivity index (χ0n) is 17.3. The van der Waals surface area contributed by atoms with Crippen LogP contribution in [0.2, 0.25) is 0 Å². The largest absolute Gasteiger partial charge is 0.508 e. The molecule has 4 heteroatoms. The second-order valence-corrected chi connectivity index (χ2v) is 8.73. The lowest BCUT2D eigenvalue weighted by Crippen LogP contribution is -2.58. The average Bonchev–Trinajstić information content (AvgIpc) is 3.46. The van der Waals surface area contributed by atoms with Crippen LogP contribution < -0.4 is 0 Å². The van der Waals surface area contributed by atoms with Gasteiger partial charge in [-0.15, -0.1) is 0 Å². The minimum Gasteiger partial charge on any atom is -0.508 e. The van der Waals surface area contributed by atoms with Gasteiger partial charge in [-0.2, -0.15) is 0 Å². The van der Waals surface area contributed by atoms with Gasteiger partial charge in [0.2, 0.25) is 0 Å². The monoisotopic (exact) mass is 383 g/mol. The molecule has 1 aromatic rings. The first-order chi connectivity index (χ1) is 13.3. The molecule has 1 aromatic carbocycles. The number of carbonyl (C=O) groups is 1. The van der Waals surface area contributed by atoms with Crippen molar-refractivity contribution in [1.82, 2.24) is 4.90 Å². The Morgan fingerprint density at radius 2 is 2.07 bits per heavy atom.